The van der Waals surface area contributed by atoms with Gasteiger partial charge in [-0.3, -0.25) is 9.59 Å². The zero-order valence-electron chi connectivity index (χ0n) is 8.82. The van der Waals surface area contributed by atoms with Crippen LogP contribution < -0.4 is 0 Å². The zero-order chi connectivity index (χ0) is 10.8. The minimum absolute atomic E-state index is 0.0359. The van der Waals surface area contributed by atoms with Crippen molar-refractivity contribution in [2.45, 2.75) is 44.6 Å². The average molecular weight is 211 g/mol. The van der Waals surface area contributed by atoms with Gasteiger partial charge in [-0.25, -0.2) is 0 Å². The Kier molecular flexibility index (Phi) is 2.93. The molecule has 0 aromatic rings. The summed E-state index contributed by atoms with van der Waals surface area (Å²) in [6, 6.07) is -0.0359. The highest BCUT2D eigenvalue weighted by atomic mass is 16.4. The molecule has 2 atom stereocenters. The second-order valence-electron chi connectivity index (χ2n) is 4.49. The lowest BCUT2D eigenvalue weighted by atomic mass is 9.83. The molecular formula is C11H17NO3. The summed E-state index contributed by atoms with van der Waals surface area (Å²) in [4.78, 5) is 24.5. The Morgan fingerprint density at radius 1 is 1.27 bits per heavy atom. The van der Waals surface area contributed by atoms with Crippen molar-refractivity contribution in [3.05, 3.63) is 0 Å². The third kappa shape index (κ3) is 1.98. The van der Waals surface area contributed by atoms with Gasteiger partial charge in [-0.1, -0.05) is 12.8 Å². The fraction of sp³-hybridized carbons (Fsp3) is 0.818. The highest BCUT2D eigenvalue weighted by molar-refractivity contribution is 5.80. The van der Waals surface area contributed by atoms with Crippen molar-refractivity contribution in [2.75, 3.05) is 6.54 Å². The van der Waals surface area contributed by atoms with Crippen molar-refractivity contribution in [3.8, 4) is 0 Å². The van der Waals surface area contributed by atoms with E-state index in [4.69, 9.17) is 5.11 Å². The minimum atomic E-state index is -0.737. The summed E-state index contributed by atoms with van der Waals surface area (Å²) in [5, 5.41) is 9.12. The highest BCUT2D eigenvalue weighted by Gasteiger charge is 2.38. The fourth-order valence-corrected chi connectivity index (χ4v) is 2.79. The van der Waals surface area contributed by atoms with Gasteiger partial charge in [0.2, 0.25) is 5.91 Å². The number of carbonyl (C=O) groups is 2. The number of carboxylic acids is 1. The second-order valence-corrected chi connectivity index (χ2v) is 4.49. The van der Waals surface area contributed by atoms with E-state index in [1.807, 2.05) is 0 Å². The van der Waals surface area contributed by atoms with Crippen molar-refractivity contribution < 1.29 is 14.7 Å². The largest absolute Gasteiger partial charge is 0.481 e. The van der Waals surface area contributed by atoms with Crippen LogP contribution in [0.2, 0.25) is 0 Å². The maximum atomic E-state index is 11.6. The van der Waals surface area contributed by atoms with Crippen LogP contribution in [0.1, 0.15) is 38.5 Å². The van der Waals surface area contributed by atoms with Crippen molar-refractivity contribution in [2.24, 2.45) is 5.92 Å². The lowest BCUT2D eigenvalue weighted by Gasteiger charge is -2.35. The normalized spacial score (nSPS) is 32.0. The number of likely N-dealkylation sites (tertiary alicyclic amines) is 1. The van der Waals surface area contributed by atoms with Crippen molar-refractivity contribution in [1.29, 1.82) is 0 Å². The molecule has 1 N–H and O–H groups in total. The number of carboxylic acid groups (broad SMARTS) is 1. The summed E-state index contributed by atoms with van der Waals surface area (Å²) in [5.74, 6) is -0.923. The number of amides is 1. The number of hydrogen-bond acceptors (Lipinski definition) is 2. The van der Waals surface area contributed by atoms with E-state index in [0.717, 1.165) is 38.6 Å². The number of aliphatic carboxylic acids is 1. The van der Waals surface area contributed by atoms with Crippen LogP contribution >= 0.6 is 0 Å². The maximum Gasteiger partial charge on any atom is 0.308 e. The van der Waals surface area contributed by atoms with Gasteiger partial charge in [-0.2, -0.15) is 0 Å². The molecule has 2 rings (SSSR count). The molecule has 2 fully saturated rings. The number of hydrogen-bond donors (Lipinski definition) is 1. The van der Waals surface area contributed by atoms with E-state index in [1.165, 1.54) is 0 Å². The highest BCUT2D eigenvalue weighted by Crippen LogP contribution is 2.31. The second kappa shape index (κ2) is 4.21. The molecule has 0 spiro atoms. The monoisotopic (exact) mass is 211 g/mol. The molecule has 1 heterocycles. The smallest absolute Gasteiger partial charge is 0.308 e. The van der Waals surface area contributed by atoms with Gasteiger partial charge in [0, 0.05) is 19.0 Å². The van der Waals surface area contributed by atoms with Gasteiger partial charge in [0.05, 0.1) is 5.92 Å². The van der Waals surface area contributed by atoms with Crippen LogP contribution in [-0.2, 0) is 9.59 Å². The van der Waals surface area contributed by atoms with Gasteiger partial charge in [0.15, 0.2) is 0 Å². The van der Waals surface area contributed by atoms with Crippen LogP contribution in [-0.4, -0.2) is 34.5 Å². The molecular weight excluding hydrogens is 194 g/mol. The molecule has 1 saturated carbocycles. The minimum Gasteiger partial charge on any atom is -0.481 e. The Bertz CT molecular complexity index is 275. The number of carbonyl (C=O) groups excluding carboxylic acids is 1. The summed E-state index contributed by atoms with van der Waals surface area (Å²) in [5.41, 5.74) is 0. The molecule has 0 aromatic heterocycles. The van der Waals surface area contributed by atoms with E-state index in [0.29, 0.717) is 6.42 Å². The summed E-state index contributed by atoms with van der Waals surface area (Å²) in [6.07, 6.45) is 5.12. The van der Waals surface area contributed by atoms with E-state index >= 15 is 0 Å². The first-order valence-corrected chi connectivity index (χ1v) is 5.72. The fourth-order valence-electron chi connectivity index (χ4n) is 2.79. The summed E-state index contributed by atoms with van der Waals surface area (Å²) >= 11 is 0. The first kappa shape index (κ1) is 10.5. The summed E-state index contributed by atoms with van der Waals surface area (Å²) in [6.45, 7) is 0.757. The average Bonchev–Trinajstić information content (AvgIpc) is 2.64. The molecule has 1 aliphatic carbocycles. The first-order chi connectivity index (χ1) is 7.20. The summed E-state index contributed by atoms with van der Waals surface area (Å²) < 4.78 is 0. The molecule has 4 nitrogen and oxygen atoms in total. The van der Waals surface area contributed by atoms with Crippen molar-refractivity contribution in [3.63, 3.8) is 0 Å². The molecule has 0 bridgehead atoms. The summed E-state index contributed by atoms with van der Waals surface area (Å²) in [7, 11) is 0. The third-order valence-corrected chi connectivity index (χ3v) is 3.56. The van der Waals surface area contributed by atoms with Gasteiger partial charge >= 0.3 is 5.97 Å². The van der Waals surface area contributed by atoms with Crippen LogP contribution in [0.5, 0.6) is 0 Å². The molecule has 1 aliphatic heterocycles. The van der Waals surface area contributed by atoms with Crippen molar-refractivity contribution in [1.82, 2.24) is 4.90 Å². The van der Waals surface area contributed by atoms with Crippen molar-refractivity contribution >= 4 is 11.9 Å². The Labute approximate surface area is 89.3 Å². The molecule has 84 valence electrons. The van der Waals surface area contributed by atoms with Gasteiger partial charge in [-0.05, 0) is 19.3 Å². The molecule has 0 unspecified atom stereocenters. The molecule has 0 aromatic carbocycles. The molecule has 0 radical (unpaired) electrons. The van der Waals surface area contributed by atoms with Gasteiger partial charge in [0.1, 0.15) is 0 Å². The van der Waals surface area contributed by atoms with Crippen LogP contribution in [0.15, 0.2) is 0 Å². The Morgan fingerprint density at radius 3 is 2.60 bits per heavy atom. The SMILES string of the molecule is O=C(O)[C@H]1CCCC[C@H]1N1CCCC1=O. The molecule has 4 heteroatoms. The van der Waals surface area contributed by atoms with E-state index in [1.54, 1.807) is 4.90 Å². The number of nitrogens with zero attached hydrogens (tertiary/aromatic N) is 1. The lowest BCUT2D eigenvalue weighted by molar-refractivity contribution is -0.147. The predicted molar refractivity (Wildman–Crippen MR) is 54.3 cm³/mol. The molecule has 15 heavy (non-hydrogen) atoms. The molecule has 2 aliphatic rings. The Balaban J connectivity index is 2.10. The first-order valence-electron chi connectivity index (χ1n) is 5.72. The molecule has 1 amide bonds. The van der Waals surface area contributed by atoms with E-state index in [-0.39, 0.29) is 17.9 Å². The van der Waals surface area contributed by atoms with Gasteiger partial charge < -0.3 is 10.0 Å². The van der Waals surface area contributed by atoms with Crippen LogP contribution in [0.25, 0.3) is 0 Å². The lowest BCUT2D eigenvalue weighted by Crippen LogP contribution is -2.45. The Morgan fingerprint density at radius 2 is 2.00 bits per heavy atom. The standard InChI is InChI=1S/C11H17NO3/c13-10-6-3-7-12(10)9-5-2-1-4-8(9)11(14)15/h8-9H,1-7H2,(H,14,15)/t8-,9+/m0/s1. The molecule has 1 saturated heterocycles. The quantitative estimate of drug-likeness (QED) is 0.748. The Hall–Kier alpha value is -1.06. The zero-order valence-corrected chi connectivity index (χ0v) is 8.82. The van der Waals surface area contributed by atoms with E-state index < -0.39 is 5.97 Å². The van der Waals surface area contributed by atoms with Crippen LogP contribution in [0.3, 0.4) is 0 Å². The third-order valence-electron chi connectivity index (χ3n) is 3.56. The van der Waals surface area contributed by atoms with Crippen LogP contribution in [0, 0.1) is 5.92 Å². The van der Waals surface area contributed by atoms with Gasteiger partial charge in [0.25, 0.3) is 0 Å². The predicted octanol–water partition coefficient (Wildman–Crippen LogP) is 1.25. The van der Waals surface area contributed by atoms with E-state index in [2.05, 4.69) is 0 Å². The van der Waals surface area contributed by atoms with E-state index in [9.17, 15) is 9.59 Å². The maximum absolute atomic E-state index is 11.6. The number of rotatable bonds is 2. The van der Waals surface area contributed by atoms with Crippen LogP contribution in [0.4, 0.5) is 0 Å². The van der Waals surface area contributed by atoms with Gasteiger partial charge in [-0.15, -0.1) is 0 Å². The topological polar surface area (TPSA) is 57.6 Å².